The van der Waals surface area contributed by atoms with Crippen LogP contribution in [-0.2, 0) is 0 Å². The van der Waals surface area contributed by atoms with Crippen molar-refractivity contribution in [3.8, 4) is 5.88 Å². The minimum absolute atomic E-state index is 0.529. The van der Waals surface area contributed by atoms with Crippen molar-refractivity contribution >= 4 is 5.82 Å². The van der Waals surface area contributed by atoms with E-state index in [2.05, 4.69) is 22.2 Å². The first-order valence-corrected chi connectivity index (χ1v) is 7.45. The molecule has 1 aromatic rings. The average Bonchev–Trinajstić information content (AvgIpc) is 2.40. The molecule has 1 aliphatic rings. The smallest absolute Gasteiger partial charge is 0.221 e. The van der Waals surface area contributed by atoms with Gasteiger partial charge in [0.15, 0.2) is 0 Å². The Labute approximate surface area is 120 Å². The van der Waals surface area contributed by atoms with Gasteiger partial charge in [0.2, 0.25) is 5.88 Å². The first-order valence-electron chi connectivity index (χ1n) is 7.45. The van der Waals surface area contributed by atoms with Crippen molar-refractivity contribution in [3.63, 3.8) is 0 Å². The molecule has 0 amide bonds. The number of ether oxygens (including phenoxy) is 1. The zero-order chi connectivity index (χ0) is 14.6. The number of nitrogens with one attached hydrogen (secondary N) is 1. The number of hydrogen-bond donors (Lipinski definition) is 2. The van der Waals surface area contributed by atoms with Crippen molar-refractivity contribution in [1.82, 2.24) is 9.97 Å². The van der Waals surface area contributed by atoms with Crippen LogP contribution >= 0.6 is 0 Å². The Bertz CT molecular complexity index is 453. The van der Waals surface area contributed by atoms with Crippen LogP contribution in [0.15, 0.2) is 6.33 Å². The highest BCUT2D eigenvalue weighted by molar-refractivity contribution is 5.47. The van der Waals surface area contributed by atoms with Gasteiger partial charge in [-0.2, -0.15) is 0 Å². The van der Waals surface area contributed by atoms with Crippen molar-refractivity contribution in [1.29, 1.82) is 0 Å². The summed E-state index contributed by atoms with van der Waals surface area (Å²) in [4.78, 5) is 8.36. The lowest BCUT2D eigenvalue weighted by Crippen LogP contribution is -2.41. The van der Waals surface area contributed by atoms with Gasteiger partial charge in [-0.05, 0) is 32.6 Å². The van der Waals surface area contributed by atoms with E-state index in [1.807, 2.05) is 13.8 Å². The highest BCUT2D eigenvalue weighted by atomic mass is 16.5. The lowest BCUT2D eigenvalue weighted by atomic mass is 9.79. The third kappa shape index (κ3) is 3.60. The molecule has 1 fully saturated rings. The Kier molecular flexibility index (Phi) is 4.81. The van der Waals surface area contributed by atoms with Gasteiger partial charge in [-0.15, -0.1) is 0 Å². The molecule has 112 valence electrons. The maximum Gasteiger partial charge on any atom is 0.221 e. The van der Waals surface area contributed by atoms with Gasteiger partial charge in [0.1, 0.15) is 12.1 Å². The Hall–Kier alpha value is -1.36. The van der Waals surface area contributed by atoms with Crippen LogP contribution in [0, 0.1) is 12.8 Å². The maximum atomic E-state index is 10.6. The molecule has 1 saturated carbocycles. The fraction of sp³-hybridized carbons (Fsp3) is 0.733. The van der Waals surface area contributed by atoms with E-state index in [0.29, 0.717) is 24.9 Å². The van der Waals surface area contributed by atoms with Gasteiger partial charge in [0.05, 0.1) is 17.8 Å². The Balaban J connectivity index is 2.01. The van der Waals surface area contributed by atoms with Gasteiger partial charge in [-0.1, -0.05) is 19.8 Å². The molecule has 2 atom stereocenters. The molecule has 0 radical (unpaired) electrons. The molecule has 0 spiro atoms. The second kappa shape index (κ2) is 6.39. The number of aromatic nitrogens is 2. The summed E-state index contributed by atoms with van der Waals surface area (Å²) in [5.74, 6) is 1.94. The number of nitrogens with zero attached hydrogens (tertiary/aromatic N) is 2. The molecule has 0 bridgehead atoms. The van der Waals surface area contributed by atoms with E-state index in [9.17, 15) is 5.11 Å². The predicted octanol–water partition coefficient (Wildman–Crippen LogP) is 2.54. The molecule has 0 aromatic carbocycles. The predicted molar refractivity (Wildman–Crippen MR) is 79.0 cm³/mol. The van der Waals surface area contributed by atoms with Gasteiger partial charge in [-0.3, -0.25) is 0 Å². The third-order valence-corrected chi connectivity index (χ3v) is 3.97. The van der Waals surface area contributed by atoms with E-state index in [0.717, 1.165) is 30.6 Å². The fourth-order valence-corrected chi connectivity index (χ4v) is 2.94. The first-order chi connectivity index (χ1) is 9.54. The highest BCUT2D eigenvalue weighted by Gasteiger charge is 2.32. The number of rotatable bonds is 5. The Morgan fingerprint density at radius 2 is 2.30 bits per heavy atom. The topological polar surface area (TPSA) is 67.3 Å². The van der Waals surface area contributed by atoms with E-state index < -0.39 is 5.60 Å². The van der Waals surface area contributed by atoms with Crippen molar-refractivity contribution in [3.05, 3.63) is 11.9 Å². The maximum absolute atomic E-state index is 10.6. The molecule has 0 saturated heterocycles. The van der Waals surface area contributed by atoms with Crippen LogP contribution in [0.3, 0.4) is 0 Å². The van der Waals surface area contributed by atoms with Crippen molar-refractivity contribution in [2.24, 2.45) is 5.92 Å². The van der Waals surface area contributed by atoms with Gasteiger partial charge in [0.25, 0.3) is 0 Å². The third-order valence-electron chi connectivity index (χ3n) is 3.97. The van der Waals surface area contributed by atoms with Crippen LogP contribution in [0.1, 0.15) is 45.1 Å². The standard InChI is InChI=1S/C15H25N3O2/c1-4-20-14-12(3)13(17-10-18-14)16-9-15(19)7-5-6-11(2)8-15/h10-11,19H,4-9H2,1-3H3,(H,16,17,18). The van der Waals surface area contributed by atoms with Crippen LogP contribution in [0.4, 0.5) is 5.82 Å². The van der Waals surface area contributed by atoms with Crippen LogP contribution in [0.25, 0.3) is 0 Å². The summed E-state index contributed by atoms with van der Waals surface area (Å²) in [5.41, 5.74) is 0.266. The van der Waals surface area contributed by atoms with Crippen LogP contribution in [0.5, 0.6) is 5.88 Å². The summed E-state index contributed by atoms with van der Waals surface area (Å²) in [6.45, 7) is 7.18. The summed E-state index contributed by atoms with van der Waals surface area (Å²) in [5, 5.41) is 13.9. The number of hydrogen-bond acceptors (Lipinski definition) is 5. The molecule has 0 aliphatic heterocycles. The lowest BCUT2D eigenvalue weighted by Gasteiger charge is -2.35. The largest absolute Gasteiger partial charge is 0.478 e. The van der Waals surface area contributed by atoms with Gasteiger partial charge in [0, 0.05) is 6.54 Å². The summed E-state index contributed by atoms with van der Waals surface area (Å²) in [6.07, 6.45) is 5.50. The van der Waals surface area contributed by atoms with E-state index in [1.54, 1.807) is 0 Å². The molecular weight excluding hydrogens is 254 g/mol. The number of aliphatic hydroxyl groups is 1. The highest BCUT2D eigenvalue weighted by Crippen LogP contribution is 2.32. The first kappa shape index (κ1) is 15.0. The molecule has 2 rings (SSSR count). The molecule has 2 N–H and O–H groups in total. The van der Waals surface area contributed by atoms with E-state index in [4.69, 9.17) is 4.74 Å². The van der Waals surface area contributed by atoms with E-state index in [-0.39, 0.29) is 0 Å². The minimum atomic E-state index is -0.624. The summed E-state index contributed by atoms with van der Waals surface area (Å²) >= 11 is 0. The van der Waals surface area contributed by atoms with Crippen molar-refractivity contribution < 1.29 is 9.84 Å². The van der Waals surface area contributed by atoms with Gasteiger partial charge < -0.3 is 15.2 Å². The van der Waals surface area contributed by atoms with E-state index in [1.165, 1.54) is 12.7 Å². The minimum Gasteiger partial charge on any atom is -0.478 e. The molecule has 2 unspecified atom stereocenters. The van der Waals surface area contributed by atoms with Crippen molar-refractivity contribution in [2.75, 3.05) is 18.5 Å². The Morgan fingerprint density at radius 3 is 3.00 bits per heavy atom. The van der Waals surface area contributed by atoms with Crippen LogP contribution in [-0.4, -0.2) is 33.8 Å². The Morgan fingerprint density at radius 1 is 1.50 bits per heavy atom. The summed E-state index contributed by atoms with van der Waals surface area (Å²) in [6, 6.07) is 0. The molecule has 1 aliphatic carbocycles. The zero-order valence-corrected chi connectivity index (χ0v) is 12.6. The molecule has 5 nitrogen and oxygen atoms in total. The quantitative estimate of drug-likeness (QED) is 0.867. The molecule has 1 heterocycles. The second-order valence-electron chi connectivity index (χ2n) is 5.86. The number of anilines is 1. The molecule has 5 heteroatoms. The van der Waals surface area contributed by atoms with Crippen LogP contribution in [0.2, 0.25) is 0 Å². The van der Waals surface area contributed by atoms with E-state index >= 15 is 0 Å². The normalized spacial score (nSPS) is 26.3. The summed E-state index contributed by atoms with van der Waals surface area (Å²) in [7, 11) is 0. The SMILES string of the molecule is CCOc1ncnc(NCC2(O)CCCC(C)C2)c1C. The fourth-order valence-electron chi connectivity index (χ4n) is 2.94. The van der Waals surface area contributed by atoms with Gasteiger partial charge >= 0.3 is 0 Å². The summed E-state index contributed by atoms with van der Waals surface area (Å²) < 4.78 is 5.46. The average molecular weight is 279 g/mol. The molecular formula is C15H25N3O2. The molecule has 1 aromatic heterocycles. The second-order valence-corrected chi connectivity index (χ2v) is 5.86. The van der Waals surface area contributed by atoms with Gasteiger partial charge in [-0.25, -0.2) is 9.97 Å². The van der Waals surface area contributed by atoms with Crippen LogP contribution < -0.4 is 10.1 Å². The zero-order valence-electron chi connectivity index (χ0n) is 12.6. The molecule has 20 heavy (non-hydrogen) atoms. The monoisotopic (exact) mass is 279 g/mol. The van der Waals surface area contributed by atoms with Crippen molar-refractivity contribution in [2.45, 2.75) is 52.1 Å². The lowest BCUT2D eigenvalue weighted by molar-refractivity contribution is -0.000843.